The van der Waals surface area contributed by atoms with E-state index in [4.69, 9.17) is 11.6 Å². The van der Waals surface area contributed by atoms with Crippen molar-refractivity contribution in [3.63, 3.8) is 0 Å². The monoisotopic (exact) mass is 342 g/mol. The van der Waals surface area contributed by atoms with Gasteiger partial charge >= 0.3 is 0 Å². The predicted molar refractivity (Wildman–Crippen MR) is 93.7 cm³/mol. The molecule has 3 rings (SSSR count). The molecule has 1 aliphatic rings. The van der Waals surface area contributed by atoms with E-state index in [0.29, 0.717) is 43.1 Å². The number of amides is 2. The standard InChI is InChI=1S/C19H19ClN2O2/c20-17-8-3-7-14(11-17)19(24)21-10-4-9-18(23)22-12-15-5-1-2-6-16(15)13-22/h1-3,5-8,11H,4,9-10,12-13H2,(H,21,24). The Hall–Kier alpha value is -2.33. The normalized spacial score (nSPS) is 12.8. The van der Waals surface area contributed by atoms with Crippen LogP contribution >= 0.6 is 11.6 Å². The highest BCUT2D eigenvalue weighted by Gasteiger charge is 2.22. The average molecular weight is 343 g/mol. The number of hydrogen-bond acceptors (Lipinski definition) is 2. The highest BCUT2D eigenvalue weighted by molar-refractivity contribution is 6.30. The summed E-state index contributed by atoms with van der Waals surface area (Å²) in [6.45, 7) is 1.84. The SMILES string of the molecule is O=C(NCCCC(=O)N1Cc2ccccc2C1)c1cccc(Cl)c1. The van der Waals surface area contributed by atoms with Crippen molar-refractivity contribution in [1.82, 2.24) is 10.2 Å². The number of carbonyl (C=O) groups is 2. The van der Waals surface area contributed by atoms with Crippen LogP contribution in [0.15, 0.2) is 48.5 Å². The van der Waals surface area contributed by atoms with Gasteiger partial charge in [0.1, 0.15) is 0 Å². The number of rotatable bonds is 5. The van der Waals surface area contributed by atoms with Gasteiger partial charge in [-0.05, 0) is 35.7 Å². The summed E-state index contributed by atoms with van der Waals surface area (Å²) < 4.78 is 0. The van der Waals surface area contributed by atoms with E-state index in [2.05, 4.69) is 17.4 Å². The van der Waals surface area contributed by atoms with E-state index in [1.807, 2.05) is 17.0 Å². The molecule has 2 aromatic rings. The lowest BCUT2D eigenvalue weighted by Crippen LogP contribution is -2.28. The van der Waals surface area contributed by atoms with Gasteiger partial charge in [0.2, 0.25) is 5.91 Å². The van der Waals surface area contributed by atoms with Crippen LogP contribution in [0.2, 0.25) is 5.02 Å². The molecule has 0 spiro atoms. The molecule has 4 nitrogen and oxygen atoms in total. The van der Waals surface area contributed by atoms with Crippen LogP contribution in [0.3, 0.4) is 0 Å². The maximum atomic E-state index is 12.3. The summed E-state index contributed by atoms with van der Waals surface area (Å²) in [5.74, 6) is -0.0401. The van der Waals surface area contributed by atoms with E-state index in [9.17, 15) is 9.59 Å². The summed E-state index contributed by atoms with van der Waals surface area (Å²) in [6, 6.07) is 14.9. The van der Waals surface area contributed by atoms with E-state index >= 15 is 0 Å². The lowest BCUT2D eigenvalue weighted by atomic mass is 10.1. The van der Waals surface area contributed by atoms with E-state index < -0.39 is 0 Å². The van der Waals surface area contributed by atoms with Crippen molar-refractivity contribution in [2.24, 2.45) is 0 Å². The summed E-state index contributed by atoms with van der Waals surface area (Å²) in [5.41, 5.74) is 2.98. The van der Waals surface area contributed by atoms with Crippen LogP contribution in [-0.2, 0) is 17.9 Å². The van der Waals surface area contributed by atoms with Crippen LogP contribution < -0.4 is 5.32 Å². The number of fused-ring (bicyclic) bond motifs is 1. The first-order valence-electron chi connectivity index (χ1n) is 8.02. The highest BCUT2D eigenvalue weighted by atomic mass is 35.5. The molecule has 24 heavy (non-hydrogen) atoms. The molecule has 1 heterocycles. The van der Waals surface area contributed by atoms with Gasteiger partial charge in [-0.15, -0.1) is 0 Å². The Morgan fingerprint density at radius 1 is 1.04 bits per heavy atom. The summed E-state index contributed by atoms with van der Waals surface area (Å²) in [5, 5.41) is 3.35. The molecule has 0 bridgehead atoms. The maximum absolute atomic E-state index is 12.3. The van der Waals surface area contributed by atoms with E-state index in [1.165, 1.54) is 11.1 Å². The van der Waals surface area contributed by atoms with Gasteiger partial charge in [-0.3, -0.25) is 9.59 Å². The van der Waals surface area contributed by atoms with Gasteiger partial charge in [-0.2, -0.15) is 0 Å². The fraction of sp³-hybridized carbons (Fsp3) is 0.263. The van der Waals surface area contributed by atoms with Crippen LogP contribution in [0.1, 0.15) is 34.3 Å². The Morgan fingerprint density at radius 3 is 2.42 bits per heavy atom. The fourth-order valence-electron chi connectivity index (χ4n) is 2.84. The minimum Gasteiger partial charge on any atom is -0.352 e. The molecule has 2 aromatic carbocycles. The van der Waals surface area contributed by atoms with Crippen molar-refractivity contribution >= 4 is 23.4 Å². The van der Waals surface area contributed by atoms with E-state index in [1.54, 1.807) is 24.3 Å². The minimum atomic E-state index is -0.168. The Labute approximate surface area is 146 Å². The zero-order valence-corrected chi connectivity index (χ0v) is 14.1. The molecule has 0 aliphatic carbocycles. The van der Waals surface area contributed by atoms with Crippen LogP contribution in [0.25, 0.3) is 0 Å². The molecule has 5 heteroatoms. The van der Waals surface area contributed by atoms with Crippen molar-refractivity contribution in [1.29, 1.82) is 0 Å². The molecule has 1 N–H and O–H groups in total. The van der Waals surface area contributed by atoms with Crippen LogP contribution in [0.4, 0.5) is 0 Å². The first kappa shape index (κ1) is 16.5. The van der Waals surface area contributed by atoms with Gasteiger partial charge in [-0.1, -0.05) is 41.9 Å². The van der Waals surface area contributed by atoms with Crippen molar-refractivity contribution in [2.45, 2.75) is 25.9 Å². The number of benzene rings is 2. The van der Waals surface area contributed by atoms with E-state index in [0.717, 1.165) is 0 Å². The Morgan fingerprint density at radius 2 is 1.75 bits per heavy atom. The molecule has 1 aliphatic heterocycles. The van der Waals surface area contributed by atoms with Gasteiger partial charge in [0.05, 0.1) is 0 Å². The lowest BCUT2D eigenvalue weighted by Gasteiger charge is -2.15. The third-order valence-electron chi connectivity index (χ3n) is 4.13. The number of halogens is 1. The number of nitrogens with one attached hydrogen (secondary N) is 1. The maximum Gasteiger partial charge on any atom is 0.251 e. The zero-order chi connectivity index (χ0) is 16.9. The molecular weight excluding hydrogens is 324 g/mol. The Bertz CT molecular complexity index is 736. The average Bonchev–Trinajstić information content (AvgIpc) is 3.02. The second kappa shape index (κ2) is 7.49. The van der Waals surface area contributed by atoms with Crippen molar-refractivity contribution in [3.8, 4) is 0 Å². The summed E-state index contributed by atoms with van der Waals surface area (Å²) in [7, 11) is 0. The second-order valence-electron chi connectivity index (χ2n) is 5.89. The van der Waals surface area contributed by atoms with Gasteiger partial charge in [0.25, 0.3) is 5.91 Å². The van der Waals surface area contributed by atoms with Gasteiger partial charge < -0.3 is 10.2 Å². The number of hydrogen-bond donors (Lipinski definition) is 1. The lowest BCUT2D eigenvalue weighted by molar-refractivity contribution is -0.131. The van der Waals surface area contributed by atoms with E-state index in [-0.39, 0.29) is 11.8 Å². The minimum absolute atomic E-state index is 0.128. The molecule has 2 amide bonds. The third-order valence-corrected chi connectivity index (χ3v) is 4.37. The molecule has 0 aromatic heterocycles. The van der Waals surface area contributed by atoms with Crippen molar-refractivity contribution < 1.29 is 9.59 Å². The zero-order valence-electron chi connectivity index (χ0n) is 13.3. The van der Waals surface area contributed by atoms with Gasteiger partial charge in [0.15, 0.2) is 0 Å². The smallest absolute Gasteiger partial charge is 0.251 e. The van der Waals surface area contributed by atoms with Gasteiger partial charge in [-0.25, -0.2) is 0 Å². The van der Waals surface area contributed by atoms with Gasteiger partial charge in [0, 0.05) is 36.6 Å². The fourth-order valence-corrected chi connectivity index (χ4v) is 3.03. The molecule has 0 atom stereocenters. The molecular formula is C19H19ClN2O2. The van der Waals surface area contributed by atoms with Crippen LogP contribution in [-0.4, -0.2) is 23.3 Å². The summed E-state index contributed by atoms with van der Waals surface area (Å²) in [4.78, 5) is 26.1. The quantitative estimate of drug-likeness (QED) is 0.847. The Balaban J connectivity index is 1.41. The Kier molecular flexibility index (Phi) is 5.16. The molecule has 124 valence electrons. The molecule has 0 saturated carbocycles. The molecule has 0 saturated heterocycles. The highest BCUT2D eigenvalue weighted by Crippen LogP contribution is 2.22. The second-order valence-corrected chi connectivity index (χ2v) is 6.32. The van der Waals surface area contributed by atoms with Crippen LogP contribution in [0, 0.1) is 0 Å². The first-order chi connectivity index (χ1) is 11.6. The summed E-state index contributed by atoms with van der Waals surface area (Å²) >= 11 is 5.87. The van der Waals surface area contributed by atoms with Crippen molar-refractivity contribution in [2.75, 3.05) is 6.54 Å². The molecule has 0 radical (unpaired) electrons. The van der Waals surface area contributed by atoms with Crippen molar-refractivity contribution in [3.05, 3.63) is 70.2 Å². The summed E-state index contributed by atoms with van der Waals surface area (Å²) in [6.07, 6.45) is 1.06. The first-order valence-corrected chi connectivity index (χ1v) is 8.39. The molecule has 0 unspecified atom stereocenters. The number of carbonyl (C=O) groups excluding carboxylic acids is 2. The number of nitrogens with zero attached hydrogens (tertiary/aromatic N) is 1. The molecule has 0 fully saturated rings. The van der Waals surface area contributed by atoms with Crippen LogP contribution in [0.5, 0.6) is 0 Å². The largest absolute Gasteiger partial charge is 0.352 e. The third kappa shape index (κ3) is 3.95. The predicted octanol–water partition coefficient (Wildman–Crippen LogP) is 3.39. The topological polar surface area (TPSA) is 49.4 Å².